The van der Waals surface area contributed by atoms with Gasteiger partial charge in [-0.1, -0.05) is 36.4 Å². The van der Waals surface area contributed by atoms with Gasteiger partial charge in [-0.3, -0.25) is 0 Å². The highest BCUT2D eigenvalue weighted by Gasteiger charge is 2.14. The average Bonchev–Trinajstić information content (AvgIpc) is 2.44. The number of rotatable bonds is 6. The molecular formula is C16H20O4. The van der Waals surface area contributed by atoms with Gasteiger partial charge >= 0.3 is 0 Å². The SMILES string of the molecule is COCC(O)COc1c([C@H](C)O)ccc2ccccc12. The Hall–Kier alpha value is -1.62. The third-order valence-electron chi connectivity index (χ3n) is 3.14. The molecule has 0 saturated carbocycles. The summed E-state index contributed by atoms with van der Waals surface area (Å²) in [6.45, 7) is 2.04. The Bertz CT molecular complexity index is 565. The van der Waals surface area contributed by atoms with E-state index < -0.39 is 12.2 Å². The number of hydrogen-bond donors (Lipinski definition) is 2. The first-order valence-corrected chi connectivity index (χ1v) is 6.63. The molecule has 0 aliphatic rings. The second kappa shape index (κ2) is 6.70. The maximum absolute atomic E-state index is 9.87. The minimum absolute atomic E-state index is 0.127. The van der Waals surface area contributed by atoms with Gasteiger partial charge in [-0.25, -0.2) is 0 Å². The molecule has 2 aromatic carbocycles. The molecule has 0 radical (unpaired) electrons. The molecule has 0 aromatic heterocycles. The van der Waals surface area contributed by atoms with E-state index in [1.54, 1.807) is 6.92 Å². The van der Waals surface area contributed by atoms with Crippen molar-refractivity contribution in [1.82, 2.24) is 0 Å². The molecular weight excluding hydrogens is 256 g/mol. The largest absolute Gasteiger partial charge is 0.490 e. The van der Waals surface area contributed by atoms with Crippen molar-refractivity contribution < 1.29 is 19.7 Å². The second-order valence-corrected chi connectivity index (χ2v) is 4.80. The van der Waals surface area contributed by atoms with Crippen LogP contribution >= 0.6 is 0 Å². The van der Waals surface area contributed by atoms with E-state index in [0.29, 0.717) is 11.3 Å². The number of fused-ring (bicyclic) bond motifs is 1. The van der Waals surface area contributed by atoms with Crippen molar-refractivity contribution in [2.24, 2.45) is 0 Å². The van der Waals surface area contributed by atoms with Crippen LogP contribution in [0.1, 0.15) is 18.6 Å². The highest BCUT2D eigenvalue weighted by Crippen LogP contribution is 2.33. The fourth-order valence-electron chi connectivity index (χ4n) is 2.17. The monoisotopic (exact) mass is 276 g/mol. The lowest BCUT2D eigenvalue weighted by atomic mass is 10.0. The van der Waals surface area contributed by atoms with Crippen molar-refractivity contribution >= 4 is 10.8 Å². The van der Waals surface area contributed by atoms with Crippen LogP contribution in [0, 0.1) is 0 Å². The molecule has 4 nitrogen and oxygen atoms in total. The summed E-state index contributed by atoms with van der Waals surface area (Å²) in [7, 11) is 1.53. The Morgan fingerprint density at radius 3 is 2.50 bits per heavy atom. The van der Waals surface area contributed by atoms with Gasteiger partial charge in [0, 0.05) is 18.1 Å². The summed E-state index contributed by atoms with van der Waals surface area (Å²) in [5, 5.41) is 21.5. The molecule has 0 aliphatic heterocycles. The molecule has 0 heterocycles. The third-order valence-corrected chi connectivity index (χ3v) is 3.14. The first-order chi connectivity index (χ1) is 9.63. The Morgan fingerprint density at radius 2 is 1.80 bits per heavy atom. The van der Waals surface area contributed by atoms with E-state index >= 15 is 0 Å². The number of benzene rings is 2. The van der Waals surface area contributed by atoms with Crippen molar-refractivity contribution in [2.45, 2.75) is 19.1 Å². The van der Waals surface area contributed by atoms with E-state index in [1.807, 2.05) is 36.4 Å². The van der Waals surface area contributed by atoms with Gasteiger partial charge in [0.2, 0.25) is 0 Å². The van der Waals surface area contributed by atoms with Gasteiger partial charge in [0.25, 0.3) is 0 Å². The smallest absolute Gasteiger partial charge is 0.133 e. The number of aliphatic hydroxyl groups is 2. The number of hydrogen-bond acceptors (Lipinski definition) is 4. The molecule has 2 atom stereocenters. The summed E-state index contributed by atoms with van der Waals surface area (Å²) in [5.74, 6) is 0.619. The number of methoxy groups -OCH3 is 1. The molecule has 1 unspecified atom stereocenters. The van der Waals surface area contributed by atoms with Crippen LogP contribution in [0.15, 0.2) is 36.4 Å². The van der Waals surface area contributed by atoms with Gasteiger partial charge < -0.3 is 19.7 Å². The Morgan fingerprint density at radius 1 is 1.05 bits per heavy atom. The summed E-state index contributed by atoms with van der Waals surface area (Å²) in [4.78, 5) is 0. The number of aliphatic hydroxyl groups excluding tert-OH is 2. The van der Waals surface area contributed by atoms with E-state index in [9.17, 15) is 10.2 Å². The standard InChI is InChI=1S/C16H20O4/c1-11(17)14-8-7-12-5-3-4-6-15(12)16(14)20-10-13(18)9-19-2/h3-8,11,13,17-18H,9-10H2,1-2H3/t11-,13?/m0/s1. The average molecular weight is 276 g/mol. The molecule has 108 valence electrons. The zero-order valence-corrected chi connectivity index (χ0v) is 11.7. The minimum atomic E-state index is -0.694. The molecule has 20 heavy (non-hydrogen) atoms. The van der Waals surface area contributed by atoms with Crippen molar-refractivity contribution in [3.05, 3.63) is 42.0 Å². The van der Waals surface area contributed by atoms with Crippen LogP contribution in [0.4, 0.5) is 0 Å². The lowest BCUT2D eigenvalue weighted by molar-refractivity contribution is 0.0321. The van der Waals surface area contributed by atoms with Gasteiger partial charge in [0.15, 0.2) is 0 Å². The van der Waals surface area contributed by atoms with Gasteiger partial charge in [0.1, 0.15) is 18.5 Å². The van der Waals surface area contributed by atoms with Crippen molar-refractivity contribution in [1.29, 1.82) is 0 Å². The molecule has 2 rings (SSSR count). The third kappa shape index (κ3) is 3.28. The molecule has 0 aliphatic carbocycles. The van der Waals surface area contributed by atoms with Crippen LogP contribution < -0.4 is 4.74 Å². The normalized spacial score (nSPS) is 14.2. The van der Waals surface area contributed by atoms with Crippen LogP contribution in [0.2, 0.25) is 0 Å². The zero-order valence-electron chi connectivity index (χ0n) is 11.7. The van der Waals surface area contributed by atoms with E-state index in [1.165, 1.54) is 7.11 Å². The van der Waals surface area contributed by atoms with Gasteiger partial charge in [-0.15, -0.1) is 0 Å². The molecule has 0 spiro atoms. The fraction of sp³-hybridized carbons (Fsp3) is 0.375. The summed E-state index contributed by atoms with van der Waals surface area (Å²) < 4.78 is 10.6. The Labute approximate surface area is 118 Å². The predicted octanol–water partition coefficient (Wildman–Crippen LogP) is 2.28. The highest BCUT2D eigenvalue weighted by atomic mass is 16.5. The first-order valence-electron chi connectivity index (χ1n) is 6.63. The van der Waals surface area contributed by atoms with Crippen molar-refractivity contribution in [3.8, 4) is 5.75 Å². The van der Waals surface area contributed by atoms with Crippen LogP contribution in [0.5, 0.6) is 5.75 Å². The van der Waals surface area contributed by atoms with Gasteiger partial charge in [0.05, 0.1) is 12.7 Å². The minimum Gasteiger partial charge on any atom is -0.490 e. The maximum atomic E-state index is 9.87. The quantitative estimate of drug-likeness (QED) is 0.850. The lowest BCUT2D eigenvalue weighted by Crippen LogP contribution is -2.23. The molecule has 0 amide bonds. The summed E-state index contributed by atoms with van der Waals surface area (Å²) in [6.07, 6.45) is -1.32. The zero-order chi connectivity index (χ0) is 14.5. The molecule has 2 aromatic rings. The molecule has 4 heteroatoms. The Balaban J connectivity index is 2.34. The van der Waals surface area contributed by atoms with Crippen molar-refractivity contribution in [2.75, 3.05) is 20.3 Å². The van der Waals surface area contributed by atoms with Gasteiger partial charge in [-0.2, -0.15) is 0 Å². The summed E-state index contributed by atoms with van der Waals surface area (Å²) >= 11 is 0. The number of ether oxygens (including phenoxy) is 2. The topological polar surface area (TPSA) is 58.9 Å². The van der Waals surface area contributed by atoms with Gasteiger partial charge in [-0.05, 0) is 12.3 Å². The summed E-state index contributed by atoms with van der Waals surface area (Å²) in [5.41, 5.74) is 0.716. The van der Waals surface area contributed by atoms with Crippen LogP contribution in [0.25, 0.3) is 10.8 Å². The molecule has 2 N–H and O–H groups in total. The highest BCUT2D eigenvalue weighted by molar-refractivity contribution is 5.89. The second-order valence-electron chi connectivity index (χ2n) is 4.80. The first kappa shape index (κ1) is 14.8. The molecule has 0 fully saturated rings. The van der Waals surface area contributed by atoms with Crippen LogP contribution in [0.3, 0.4) is 0 Å². The van der Waals surface area contributed by atoms with Crippen molar-refractivity contribution in [3.63, 3.8) is 0 Å². The predicted molar refractivity (Wildman–Crippen MR) is 78.0 cm³/mol. The Kier molecular flexibility index (Phi) is 4.95. The van der Waals surface area contributed by atoms with Crippen LogP contribution in [-0.4, -0.2) is 36.6 Å². The van der Waals surface area contributed by atoms with E-state index in [4.69, 9.17) is 9.47 Å². The fourth-order valence-corrected chi connectivity index (χ4v) is 2.17. The molecule has 0 saturated heterocycles. The van der Waals surface area contributed by atoms with E-state index in [-0.39, 0.29) is 13.2 Å². The lowest BCUT2D eigenvalue weighted by Gasteiger charge is -2.18. The summed E-state index contributed by atoms with van der Waals surface area (Å²) in [6, 6.07) is 11.6. The van der Waals surface area contributed by atoms with E-state index in [2.05, 4.69) is 0 Å². The van der Waals surface area contributed by atoms with E-state index in [0.717, 1.165) is 10.8 Å². The maximum Gasteiger partial charge on any atom is 0.133 e. The molecule has 0 bridgehead atoms. The van der Waals surface area contributed by atoms with Crippen LogP contribution in [-0.2, 0) is 4.74 Å².